The SMILES string of the molecule is CCC1CCCCN1C1CCCC(NC(C)C)(C(=O)O)C1. The van der Waals surface area contributed by atoms with Crippen LogP contribution in [-0.4, -0.2) is 46.2 Å². The van der Waals surface area contributed by atoms with Crippen LogP contribution < -0.4 is 5.32 Å². The molecule has 0 aromatic rings. The Hall–Kier alpha value is -0.610. The lowest BCUT2D eigenvalue weighted by Gasteiger charge is -2.47. The molecule has 0 aromatic carbocycles. The largest absolute Gasteiger partial charge is 0.480 e. The summed E-state index contributed by atoms with van der Waals surface area (Å²) in [6.07, 6.45) is 8.77. The third-order valence-electron chi connectivity index (χ3n) is 5.31. The number of rotatable bonds is 5. The molecule has 1 saturated carbocycles. The van der Waals surface area contributed by atoms with Gasteiger partial charge in [0.2, 0.25) is 0 Å². The van der Waals surface area contributed by atoms with Crippen molar-refractivity contribution in [1.29, 1.82) is 0 Å². The minimum atomic E-state index is -0.715. The quantitative estimate of drug-likeness (QED) is 0.819. The van der Waals surface area contributed by atoms with Gasteiger partial charge in [0, 0.05) is 18.1 Å². The summed E-state index contributed by atoms with van der Waals surface area (Å²) in [4.78, 5) is 14.5. The fourth-order valence-corrected chi connectivity index (χ4v) is 4.41. The van der Waals surface area contributed by atoms with Crippen LogP contribution in [-0.2, 0) is 4.79 Å². The second-order valence-corrected chi connectivity index (χ2v) is 7.23. The maximum atomic E-state index is 11.9. The van der Waals surface area contributed by atoms with Crippen LogP contribution in [0.4, 0.5) is 0 Å². The molecular weight excluding hydrogens is 264 g/mol. The number of likely N-dealkylation sites (tertiary alicyclic amines) is 1. The van der Waals surface area contributed by atoms with Gasteiger partial charge in [0.15, 0.2) is 0 Å². The van der Waals surface area contributed by atoms with Crippen molar-refractivity contribution in [3.8, 4) is 0 Å². The van der Waals surface area contributed by atoms with Gasteiger partial charge in [-0.05, 0) is 65.3 Å². The molecule has 4 nitrogen and oxygen atoms in total. The van der Waals surface area contributed by atoms with Crippen LogP contribution in [0.25, 0.3) is 0 Å². The fraction of sp³-hybridized carbons (Fsp3) is 0.941. The standard InChI is InChI=1S/C17H32N2O2/c1-4-14-8-5-6-11-19(14)15-9-7-10-17(12-15,16(20)21)18-13(2)3/h13-15,18H,4-12H2,1-3H3,(H,20,21). The third kappa shape index (κ3) is 3.78. The zero-order valence-electron chi connectivity index (χ0n) is 13.9. The number of carbonyl (C=O) groups is 1. The summed E-state index contributed by atoms with van der Waals surface area (Å²) in [6.45, 7) is 7.51. The van der Waals surface area contributed by atoms with E-state index < -0.39 is 11.5 Å². The first-order chi connectivity index (χ1) is 9.98. The molecule has 0 aromatic heterocycles. The molecule has 0 radical (unpaired) electrons. The van der Waals surface area contributed by atoms with Crippen LogP contribution in [0.3, 0.4) is 0 Å². The lowest BCUT2D eigenvalue weighted by atomic mass is 9.77. The van der Waals surface area contributed by atoms with Crippen molar-refractivity contribution in [2.24, 2.45) is 0 Å². The normalized spacial score (nSPS) is 35.0. The Bertz CT molecular complexity index is 359. The van der Waals surface area contributed by atoms with E-state index in [1.54, 1.807) is 0 Å². The van der Waals surface area contributed by atoms with Gasteiger partial charge in [-0.15, -0.1) is 0 Å². The Morgan fingerprint density at radius 3 is 2.71 bits per heavy atom. The number of hydrogen-bond acceptors (Lipinski definition) is 3. The van der Waals surface area contributed by atoms with E-state index in [0.717, 1.165) is 32.2 Å². The second kappa shape index (κ2) is 7.10. The smallest absolute Gasteiger partial charge is 0.323 e. The highest BCUT2D eigenvalue weighted by atomic mass is 16.4. The van der Waals surface area contributed by atoms with E-state index >= 15 is 0 Å². The Morgan fingerprint density at radius 2 is 2.10 bits per heavy atom. The van der Waals surface area contributed by atoms with Crippen LogP contribution >= 0.6 is 0 Å². The number of carboxylic acids is 1. The number of hydrogen-bond donors (Lipinski definition) is 2. The summed E-state index contributed by atoms with van der Waals surface area (Å²) in [5.74, 6) is -0.661. The first-order valence-corrected chi connectivity index (χ1v) is 8.75. The number of piperidine rings is 1. The molecule has 3 atom stereocenters. The lowest BCUT2D eigenvalue weighted by molar-refractivity contribution is -0.148. The summed E-state index contributed by atoms with van der Waals surface area (Å²) < 4.78 is 0. The average Bonchev–Trinajstić information content (AvgIpc) is 2.46. The predicted octanol–water partition coefficient (Wildman–Crippen LogP) is 3.01. The van der Waals surface area contributed by atoms with Crippen molar-refractivity contribution >= 4 is 5.97 Å². The molecular formula is C17H32N2O2. The zero-order valence-corrected chi connectivity index (χ0v) is 13.9. The van der Waals surface area contributed by atoms with Gasteiger partial charge in [-0.3, -0.25) is 15.0 Å². The molecule has 21 heavy (non-hydrogen) atoms. The molecule has 3 unspecified atom stereocenters. The first kappa shape index (κ1) is 16.8. The molecule has 2 fully saturated rings. The highest BCUT2D eigenvalue weighted by molar-refractivity contribution is 5.79. The monoisotopic (exact) mass is 296 g/mol. The molecule has 1 aliphatic carbocycles. The molecule has 0 amide bonds. The van der Waals surface area contributed by atoms with Gasteiger partial charge in [0.05, 0.1) is 0 Å². The molecule has 2 aliphatic rings. The van der Waals surface area contributed by atoms with Gasteiger partial charge in [-0.25, -0.2) is 0 Å². The fourth-order valence-electron chi connectivity index (χ4n) is 4.41. The van der Waals surface area contributed by atoms with E-state index in [1.807, 2.05) is 13.8 Å². The molecule has 1 aliphatic heterocycles. The molecule has 1 heterocycles. The van der Waals surface area contributed by atoms with Crippen molar-refractivity contribution in [1.82, 2.24) is 10.2 Å². The van der Waals surface area contributed by atoms with E-state index in [4.69, 9.17) is 0 Å². The average molecular weight is 296 g/mol. The number of nitrogens with one attached hydrogen (secondary N) is 1. The Kier molecular flexibility index (Phi) is 5.67. The van der Waals surface area contributed by atoms with Crippen molar-refractivity contribution in [3.63, 3.8) is 0 Å². The maximum Gasteiger partial charge on any atom is 0.323 e. The van der Waals surface area contributed by atoms with Crippen molar-refractivity contribution in [3.05, 3.63) is 0 Å². The molecule has 0 spiro atoms. The minimum Gasteiger partial charge on any atom is -0.480 e. The Labute approximate surface area is 129 Å². The summed E-state index contributed by atoms with van der Waals surface area (Å²) in [7, 11) is 0. The highest BCUT2D eigenvalue weighted by Gasteiger charge is 2.45. The summed E-state index contributed by atoms with van der Waals surface area (Å²) >= 11 is 0. The van der Waals surface area contributed by atoms with E-state index in [2.05, 4.69) is 17.1 Å². The predicted molar refractivity (Wildman–Crippen MR) is 85.5 cm³/mol. The van der Waals surface area contributed by atoms with E-state index in [-0.39, 0.29) is 6.04 Å². The Balaban J connectivity index is 2.12. The first-order valence-electron chi connectivity index (χ1n) is 8.75. The lowest BCUT2D eigenvalue weighted by Crippen LogP contribution is -2.61. The third-order valence-corrected chi connectivity index (χ3v) is 5.31. The minimum absolute atomic E-state index is 0.211. The topological polar surface area (TPSA) is 52.6 Å². The summed E-state index contributed by atoms with van der Waals surface area (Å²) in [6, 6.07) is 1.31. The number of nitrogens with zero attached hydrogens (tertiary/aromatic N) is 1. The highest BCUT2D eigenvalue weighted by Crippen LogP contribution is 2.35. The van der Waals surface area contributed by atoms with Crippen LogP contribution in [0.5, 0.6) is 0 Å². The Morgan fingerprint density at radius 1 is 1.33 bits per heavy atom. The van der Waals surface area contributed by atoms with Crippen molar-refractivity contribution < 1.29 is 9.90 Å². The number of carboxylic acid groups (broad SMARTS) is 1. The molecule has 122 valence electrons. The van der Waals surface area contributed by atoms with E-state index in [1.165, 1.54) is 25.7 Å². The van der Waals surface area contributed by atoms with Gasteiger partial charge < -0.3 is 5.11 Å². The molecule has 2 N–H and O–H groups in total. The van der Waals surface area contributed by atoms with E-state index in [0.29, 0.717) is 12.1 Å². The van der Waals surface area contributed by atoms with Crippen LogP contribution in [0, 0.1) is 0 Å². The van der Waals surface area contributed by atoms with Gasteiger partial charge in [0.1, 0.15) is 5.54 Å². The molecule has 1 saturated heterocycles. The number of aliphatic carboxylic acids is 1. The molecule has 0 bridgehead atoms. The maximum absolute atomic E-state index is 11.9. The van der Waals surface area contributed by atoms with Gasteiger partial charge >= 0.3 is 5.97 Å². The van der Waals surface area contributed by atoms with Gasteiger partial charge in [-0.2, -0.15) is 0 Å². The van der Waals surface area contributed by atoms with Gasteiger partial charge in [-0.1, -0.05) is 13.3 Å². The van der Waals surface area contributed by atoms with Crippen LogP contribution in [0.2, 0.25) is 0 Å². The summed E-state index contributed by atoms with van der Waals surface area (Å²) in [5.41, 5.74) is -0.715. The van der Waals surface area contributed by atoms with Crippen molar-refractivity contribution in [2.45, 2.75) is 95.8 Å². The molecule has 4 heteroatoms. The van der Waals surface area contributed by atoms with Gasteiger partial charge in [0.25, 0.3) is 0 Å². The zero-order chi connectivity index (χ0) is 15.5. The van der Waals surface area contributed by atoms with Crippen LogP contribution in [0.15, 0.2) is 0 Å². The van der Waals surface area contributed by atoms with E-state index in [9.17, 15) is 9.90 Å². The van der Waals surface area contributed by atoms with Crippen LogP contribution in [0.1, 0.15) is 72.1 Å². The van der Waals surface area contributed by atoms with Crippen molar-refractivity contribution in [2.75, 3.05) is 6.54 Å². The second-order valence-electron chi connectivity index (χ2n) is 7.23. The molecule has 2 rings (SSSR count). The summed E-state index contributed by atoms with van der Waals surface area (Å²) in [5, 5.41) is 13.2.